The van der Waals surface area contributed by atoms with Gasteiger partial charge in [-0.15, -0.1) is 0 Å². The molecule has 0 aromatic heterocycles. The van der Waals surface area contributed by atoms with Crippen LogP contribution in [0.15, 0.2) is 36.4 Å². The van der Waals surface area contributed by atoms with E-state index in [4.69, 9.17) is 23.2 Å². The predicted octanol–water partition coefficient (Wildman–Crippen LogP) is 4.67. The molecule has 130 valence electrons. The Morgan fingerprint density at radius 1 is 1.04 bits per heavy atom. The van der Waals surface area contributed by atoms with Crippen LogP contribution in [0.5, 0.6) is 0 Å². The highest BCUT2D eigenvalue weighted by molar-refractivity contribution is 6.35. The third kappa shape index (κ3) is 3.24. The highest BCUT2D eigenvalue weighted by Gasteiger charge is 2.48. The number of urea groups is 1. The van der Waals surface area contributed by atoms with E-state index in [-0.39, 0.29) is 5.91 Å². The molecular formula is C19H18Cl2N2O2. The van der Waals surface area contributed by atoms with Crippen molar-refractivity contribution in [2.24, 2.45) is 0 Å². The first-order valence-electron chi connectivity index (χ1n) is 7.89. The van der Waals surface area contributed by atoms with Crippen molar-refractivity contribution in [3.63, 3.8) is 0 Å². The van der Waals surface area contributed by atoms with E-state index in [1.807, 2.05) is 32.0 Å². The van der Waals surface area contributed by atoms with Crippen LogP contribution in [0.4, 0.5) is 10.5 Å². The fourth-order valence-corrected chi connectivity index (χ4v) is 3.70. The second-order valence-corrected chi connectivity index (χ2v) is 7.45. The van der Waals surface area contributed by atoms with Crippen LogP contribution in [0.3, 0.4) is 0 Å². The molecule has 25 heavy (non-hydrogen) atoms. The molecule has 1 fully saturated rings. The average Bonchev–Trinajstić information content (AvgIpc) is 2.72. The zero-order valence-electron chi connectivity index (χ0n) is 14.2. The average molecular weight is 377 g/mol. The lowest BCUT2D eigenvalue weighted by atomic mass is 9.88. The van der Waals surface area contributed by atoms with Crippen molar-refractivity contribution in [3.05, 3.63) is 63.1 Å². The number of anilines is 1. The predicted molar refractivity (Wildman–Crippen MR) is 101 cm³/mol. The maximum absolute atomic E-state index is 13.0. The monoisotopic (exact) mass is 376 g/mol. The summed E-state index contributed by atoms with van der Waals surface area (Å²) in [6.07, 6.45) is 0.418. The molecular weight excluding hydrogens is 359 g/mol. The van der Waals surface area contributed by atoms with Crippen LogP contribution in [0.2, 0.25) is 10.0 Å². The molecule has 1 aliphatic rings. The maximum atomic E-state index is 13.0. The Morgan fingerprint density at radius 3 is 2.16 bits per heavy atom. The van der Waals surface area contributed by atoms with Crippen molar-refractivity contribution in [1.29, 1.82) is 0 Å². The minimum Gasteiger partial charge on any atom is -0.323 e. The zero-order valence-corrected chi connectivity index (χ0v) is 15.7. The van der Waals surface area contributed by atoms with Crippen molar-refractivity contribution in [1.82, 2.24) is 5.32 Å². The van der Waals surface area contributed by atoms with E-state index >= 15 is 0 Å². The molecule has 0 saturated carbocycles. The fourth-order valence-electron chi connectivity index (χ4n) is 3.19. The van der Waals surface area contributed by atoms with Gasteiger partial charge in [0.2, 0.25) is 0 Å². The molecule has 1 atom stereocenters. The van der Waals surface area contributed by atoms with Crippen LogP contribution in [-0.4, -0.2) is 17.5 Å². The summed E-state index contributed by atoms with van der Waals surface area (Å²) in [6.45, 7) is 5.74. The van der Waals surface area contributed by atoms with Crippen molar-refractivity contribution < 1.29 is 9.59 Å². The third-order valence-electron chi connectivity index (χ3n) is 4.54. The lowest BCUT2D eigenvalue weighted by molar-refractivity contribution is -0.121. The van der Waals surface area contributed by atoms with Gasteiger partial charge in [0.05, 0.1) is 5.69 Å². The van der Waals surface area contributed by atoms with E-state index in [9.17, 15) is 9.59 Å². The molecule has 1 unspecified atom stereocenters. The molecule has 0 bridgehead atoms. The Labute approximate surface area is 156 Å². The Bertz CT molecular complexity index is 841. The van der Waals surface area contributed by atoms with Gasteiger partial charge in [0.15, 0.2) is 0 Å². The van der Waals surface area contributed by atoms with E-state index in [0.717, 1.165) is 21.6 Å². The Morgan fingerprint density at radius 2 is 1.60 bits per heavy atom. The molecule has 1 aliphatic heterocycles. The molecule has 6 heteroatoms. The number of hydrogen-bond donors (Lipinski definition) is 1. The van der Waals surface area contributed by atoms with Crippen LogP contribution in [-0.2, 0) is 11.2 Å². The van der Waals surface area contributed by atoms with Crippen molar-refractivity contribution in [3.8, 4) is 0 Å². The van der Waals surface area contributed by atoms with Gasteiger partial charge in [-0.1, -0.05) is 41.4 Å². The van der Waals surface area contributed by atoms with Crippen LogP contribution in [0.1, 0.15) is 23.6 Å². The summed E-state index contributed by atoms with van der Waals surface area (Å²) in [5.74, 6) is -0.321. The fraction of sp³-hybridized carbons (Fsp3) is 0.263. The first kappa shape index (κ1) is 17.8. The van der Waals surface area contributed by atoms with Crippen molar-refractivity contribution >= 4 is 40.8 Å². The standard InChI is InChI=1S/C19H18Cl2N2O2/c1-11-5-4-6-12(2)16(11)10-19(3)17(24)23(18(25)22-19)15-8-13(20)7-14(21)9-15/h4-9H,10H2,1-3H3,(H,22,25). The summed E-state index contributed by atoms with van der Waals surface area (Å²) in [4.78, 5) is 26.6. The number of carbonyl (C=O) groups is 2. The summed E-state index contributed by atoms with van der Waals surface area (Å²) < 4.78 is 0. The Kier molecular flexibility index (Phi) is 4.52. The number of halogens is 2. The number of carbonyl (C=O) groups excluding carboxylic acids is 2. The number of aryl methyl sites for hydroxylation is 2. The normalized spacial score (nSPS) is 20.1. The maximum Gasteiger partial charge on any atom is 0.329 e. The van der Waals surface area contributed by atoms with Crippen LogP contribution in [0.25, 0.3) is 0 Å². The first-order valence-corrected chi connectivity index (χ1v) is 8.65. The number of nitrogens with one attached hydrogen (secondary N) is 1. The molecule has 1 N–H and O–H groups in total. The summed E-state index contributed by atoms with van der Waals surface area (Å²) >= 11 is 12.0. The number of nitrogens with zero attached hydrogens (tertiary/aromatic N) is 1. The van der Waals surface area contributed by atoms with Gasteiger partial charge in [-0.3, -0.25) is 4.79 Å². The van der Waals surface area contributed by atoms with Gasteiger partial charge >= 0.3 is 6.03 Å². The van der Waals surface area contributed by atoms with Gasteiger partial charge in [-0.25, -0.2) is 9.69 Å². The van der Waals surface area contributed by atoms with E-state index in [1.165, 1.54) is 0 Å². The topological polar surface area (TPSA) is 49.4 Å². The molecule has 4 nitrogen and oxygen atoms in total. The van der Waals surface area contributed by atoms with Gasteiger partial charge in [0.1, 0.15) is 5.54 Å². The molecule has 0 aliphatic carbocycles. The van der Waals surface area contributed by atoms with Crippen LogP contribution < -0.4 is 10.2 Å². The summed E-state index contributed by atoms with van der Waals surface area (Å²) in [5, 5.41) is 3.56. The van der Waals surface area contributed by atoms with Crippen LogP contribution in [0, 0.1) is 13.8 Å². The molecule has 2 aromatic carbocycles. The minimum atomic E-state index is -1.03. The van der Waals surface area contributed by atoms with Gasteiger partial charge < -0.3 is 5.32 Å². The second-order valence-electron chi connectivity index (χ2n) is 6.58. The largest absolute Gasteiger partial charge is 0.329 e. The lowest BCUT2D eigenvalue weighted by Gasteiger charge is -2.24. The Hall–Kier alpha value is -2.04. The smallest absolute Gasteiger partial charge is 0.323 e. The van der Waals surface area contributed by atoms with Gasteiger partial charge in [0, 0.05) is 16.5 Å². The highest BCUT2D eigenvalue weighted by Crippen LogP contribution is 2.32. The number of rotatable bonds is 3. The van der Waals surface area contributed by atoms with Gasteiger partial charge in [0.25, 0.3) is 5.91 Å². The van der Waals surface area contributed by atoms with Crippen molar-refractivity contribution in [2.75, 3.05) is 4.90 Å². The van der Waals surface area contributed by atoms with Crippen molar-refractivity contribution in [2.45, 2.75) is 32.7 Å². The molecule has 3 rings (SSSR count). The first-order chi connectivity index (χ1) is 11.7. The molecule has 1 heterocycles. The highest BCUT2D eigenvalue weighted by atomic mass is 35.5. The number of hydrogen-bond acceptors (Lipinski definition) is 2. The number of amides is 3. The summed E-state index contributed by atoms with van der Waals surface area (Å²) in [6, 6.07) is 10.2. The van der Waals surface area contributed by atoms with Gasteiger partial charge in [-0.2, -0.15) is 0 Å². The quantitative estimate of drug-likeness (QED) is 0.791. The molecule has 1 saturated heterocycles. The van der Waals surface area contributed by atoms with Gasteiger partial charge in [-0.05, 0) is 55.7 Å². The SMILES string of the molecule is Cc1cccc(C)c1CC1(C)NC(=O)N(c2cc(Cl)cc(Cl)c2)C1=O. The number of benzene rings is 2. The zero-order chi connectivity index (χ0) is 18.4. The Balaban J connectivity index is 1.97. The van der Waals surface area contributed by atoms with E-state index in [1.54, 1.807) is 25.1 Å². The van der Waals surface area contributed by atoms with E-state index in [2.05, 4.69) is 5.32 Å². The number of imide groups is 1. The lowest BCUT2D eigenvalue weighted by Crippen LogP contribution is -2.46. The minimum absolute atomic E-state index is 0.321. The molecule has 2 aromatic rings. The van der Waals surface area contributed by atoms with E-state index in [0.29, 0.717) is 22.2 Å². The summed E-state index contributed by atoms with van der Waals surface area (Å²) in [5.41, 5.74) is 2.58. The van der Waals surface area contributed by atoms with E-state index < -0.39 is 11.6 Å². The summed E-state index contributed by atoms with van der Waals surface area (Å²) in [7, 11) is 0. The molecule has 3 amide bonds. The molecule has 0 radical (unpaired) electrons. The van der Waals surface area contributed by atoms with Crippen LogP contribution >= 0.6 is 23.2 Å². The second kappa shape index (κ2) is 6.36. The molecule has 0 spiro atoms. The third-order valence-corrected chi connectivity index (χ3v) is 4.98.